The molecule has 7 nitrogen and oxygen atoms in total. The Morgan fingerprint density at radius 3 is 2.80 bits per heavy atom. The predicted octanol–water partition coefficient (Wildman–Crippen LogP) is 8.15. The van der Waals surface area contributed by atoms with Crippen LogP contribution in [0.1, 0.15) is 44.5 Å². The van der Waals surface area contributed by atoms with E-state index in [4.69, 9.17) is 27.9 Å². The van der Waals surface area contributed by atoms with Crippen LogP contribution in [0.25, 0.3) is 11.3 Å². The highest BCUT2D eigenvalue weighted by atomic mass is 35.5. The van der Waals surface area contributed by atoms with Crippen LogP contribution in [0.15, 0.2) is 53.0 Å². The van der Waals surface area contributed by atoms with Gasteiger partial charge in [0, 0.05) is 17.0 Å². The van der Waals surface area contributed by atoms with Gasteiger partial charge in [0.1, 0.15) is 6.61 Å². The van der Waals surface area contributed by atoms with Crippen molar-refractivity contribution in [2.24, 2.45) is 17.8 Å². The Bertz CT molecular complexity index is 1560. The molecule has 214 valence electrons. The van der Waals surface area contributed by atoms with E-state index in [1.165, 1.54) is 54.8 Å². The lowest BCUT2D eigenvalue weighted by atomic mass is 9.84. The van der Waals surface area contributed by atoms with Crippen LogP contribution in [0.5, 0.6) is 5.75 Å². The van der Waals surface area contributed by atoms with Crippen LogP contribution >= 0.6 is 46.3 Å². The molecular weight excluding hydrogens is 604 g/mol. The minimum atomic E-state index is -0.421. The van der Waals surface area contributed by atoms with Crippen molar-refractivity contribution in [1.29, 1.82) is 0 Å². The minimum Gasteiger partial charge on any atom is -0.483 e. The van der Waals surface area contributed by atoms with Gasteiger partial charge in [-0.3, -0.25) is 9.36 Å². The van der Waals surface area contributed by atoms with Crippen molar-refractivity contribution in [2.45, 2.75) is 50.4 Å². The molecule has 2 aliphatic carbocycles. The molecule has 2 saturated carbocycles. The van der Waals surface area contributed by atoms with Gasteiger partial charge >= 0.3 is 0 Å². The van der Waals surface area contributed by atoms with E-state index >= 15 is 0 Å². The highest BCUT2D eigenvalue weighted by molar-refractivity contribution is 7.99. The average molecular weight is 633 g/mol. The summed E-state index contributed by atoms with van der Waals surface area (Å²) in [5.41, 5.74) is 1.52. The zero-order chi connectivity index (χ0) is 28.5. The first-order valence-corrected chi connectivity index (χ1v) is 16.1. The molecule has 6 rings (SSSR count). The predicted molar refractivity (Wildman–Crippen MR) is 161 cm³/mol. The maximum absolute atomic E-state index is 14.2. The van der Waals surface area contributed by atoms with E-state index < -0.39 is 5.82 Å². The zero-order valence-corrected chi connectivity index (χ0v) is 25.4. The monoisotopic (exact) mass is 631 g/mol. The van der Waals surface area contributed by atoms with Crippen molar-refractivity contribution in [3.8, 4) is 17.0 Å². The number of halogens is 3. The van der Waals surface area contributed by atoms with Gasteiger partial charge < -0.3 is 10.1 Å². The molecule has 4 aromatic rings. The van der Waals surface area contributed by atoms with Gasteiger partial charge in [0.05, 0.1) is 21.5 Å². The Morgan fingerprint density at radius 2 is 2.05 bits per heavy atom. The molecule has 0 aliphatic heterocycles. The lowest BCUT2D eigenvalue weighted by Gasteiger charge is -2.30. The van der Waals surface area contributed by atoms with Crippen molar-refractivity contribution in [3.05, 3.63) is 69.5 Å². The fourth-order valence-electron chi connectivity index (χ4n) is 6.10. The molecule has 2 bridgehead atoms. The topological polar surface area (TPSA) is 81.9 Å². The van der Waals surface area contributed by atoms with Crippen molar-refractivity contribution in [3.63, 3.8) is 0 Å². The third-order valence-electron chi connectivity index (χ3n) is 8.05. The first kappa shape index (κ1) is 28.5. The smallest absolute Gasteiger partial charge is 0.236 e. The zero-order valence-electron chi connectivity index (χ0n) is 22.2. The van der Waals surface area contributed by atoms with Gasteiger partial charge in [-0.25, -0.2) is 9.37 Å². The van der Waals surface area contributed by atoms with Gasteiger partial charge in [-0.1, -0.05) is 59.6 Å². The number of ether oxygens (including phenoxy) is 1. The number of thioether (sulfide) groups is 1. The number of thiazole rings is 1. The van der Waals surface area contributed by atoms with Gasteiger partial charge in [-0.15, -0.1) is 21.5 Å². The second-order valence-electron chi connectivity index (χ2n) is 10.6. The number of amides is 1. The van der Waals surface area contributed by atoms with Crippen LogP contribution < -0.4 is 10.1 Å². The van der Waals surface area contributed by atoms with Crippen LogP contribution in [0.3, 0.4) is 0 Å². The summed E-state index contributed by atoms with van der Waals surface area (Å²) in [6.07, 6.45) is 5.03. The number of nitrogens with one attached hydrogen (secondary N) is 1. The number of anilines is 1. The van der Waals surface area contributed by atoms with E-state index in [0.717, 1.165) is 11.5 Å². The molecule has 2 aliphatic rings. The quantitative estimate of drug-likeness (QED) is 0.178. The summed E-state index contributed by atoms with van der Waals surface area (Å²) in [7, 11) is 0. The fraction of sp³-hybridized carbons (Fsp3) is 0.379. The summed E-state index contributed by atoms with van der Waals surface area (Å²) >= 11 is 14.8. The van der Waals surface area contributed by atoms with Crippen molar-refractivity contribution >= 4 is 57.3 Å². The first-order chi connectivity index (χ1) is 19.9. The van der Waals surface area contributed by atoms with Crippen molar-refractivity contribution < 1.29 is 13.9 Å². The molecule has 0 unspecified atom stereocenters. The Hall–Kier alpha value is -2.66. The van der Waals surface area contributed by atoms with E-state index in [-0.39, 0.29) is 30.1 Å². The number of para-hydroxylation sites is 1. The molecule has 12 heteroatoms. The summed E-state index contributed by atoms with van der Waals surface area (Å²) in [5.74, 6) is 2.30. The highest BCUT2D eigenvalue weighted by Crippen LogP contribution is 2.52. The van der Waals surface area contributed by atoms with Crippen LogP contribution in [0.2, 0.25) is 10.0 Å². The van der Waals surface area contributed by atoms with Gasteiger partial charge in [0.2, 0.25) is 5.91 Å². The van der Waals surface area contributed by atoms with E-state index in [1.807, 2.05) is 11.4 Å². The summed E-state index contributed by atoms with van der Waals surface area (Å²) < 4.78 is 22.1. The largest absolute Gasteiger partial charge is 0.483 e. The molecule has 2 aromatic carbocycles. The second kappa shape index (κ2) is 12.3. The summed E-state index contributed by atoms with van der Waals surface area (Å²) in [4.78, 5) is 17.4. The lowest BCUT2D eigenvalue weighted by Crippen LogP contribution is -2.25. The normalized spacial score (nSPS) is 20.3. The fourth-order valence-corrected chi connectivity index (χ4v) is 7.97. The molecule has 0 radical (unpaired) electrons. The third kappa shape index (κ3) is 6.26. The molecule has 2 heterocycles. The molecule has 0 saturated heterocycles. The van der Waals surface area contributed by atoms with E-state index in [9.17, 15) is 9.18 Å². The number of hydrogen-bond donors (Lipinski definition) is 1. The van der Waals surface area contributed by atoms with E-state index in [2.05, 4.69) is 32.0 Å². The minimum absolute atomic E-state index is 0.0858. The summed E-state index contributed by atoms with van der Waals surface area (Å²) in [5, 5.41) is 15.6. The standard InChI is InChI=1S/C29H28Cl2FN5O2S2/c1-16(20-11-17-6-7-18(20)10-17)37-26(13-39-25-5-3-2-4-23(25)32)35-36-29(37)41-15-27(38)34-28-33-24(14-40-28)19-8-9-21(30)22(31)12-19/h2-5,8-9,12,14,16-18,20H,6-7,10-11,13,15H2,1H3,(H,33,34,38)/t16-,17-,18-,20-/m0/s1. The Kier molecular flexibility index (Phi) is 8.53. The van der Waals surface area contributed by atoms with Crippen LogP contribution in [0, 0.1) is 23.6 Å². The Morgan fingerprint density at radius 1 is 1.20 bits per heavy atom. The molecule has 1 amide bonds. The molecule has 2 fully saturated rings. The molecule has 0 spiro atoms. The molecule has 1 N–H and O–H groups in total. The average Bonchev–Trinajstić information content (AvgIpc) is 3.77. The number of carbonyl (C=O) groups is 1. The van der Waals surface area contributed by atoms with Crippen LogP contribution in [-0.4, -0.2) is 31.4 Å². The van der Waals surface area contributed by atoms with Gasteiger partial charge in [0.25, 0.3) is 0 Å². The van der Waals surface area contributed by atoms with Crippen molar-refractivity contribution in [2.75, 3.05) is 11.1 Å². The molecule has 41 heavy (non-hydrogen) atoms. The van der Waals surface area contributed by atoms with Crippen LogP contribution in [0.4, 0.5) is 9.52 Å². The third-order valence-corrected chi connectivity index (χ3v) is 10.5. The molecular formula is C29H28Cl2FN5O2S2. The highest BCUT2D eigenvalue weighted by Gasteiger charge is 2.43. The lowest BCUT2D eigenvalue weighted by molar-refractivity contribution is -0.113. The number of aromatic nitrogens is 4. The van der Waals surface area contributed by atoms with E-state index in [1.54, 1.807) is 30.3 Å². The Labute approximate surface area is 255 Å². The van der Waals surface area contributed by atoms with Gasteiger partial charge in [-0.05, 0) is 68.2 Å². The molecule has 2 aromatic heterocycles. The second-order valence-corrected chi connectivity index (χ2v) is 13.2. The number of benzene rings is 2. The number of fused-ring (bicyclic) bond motifs is 2. The number of nitrogens with zero attached hydrogens (tertiary/aromatic N) is 4. The van der Waals surface area contributed by atoms with Gasteiger partial charge in [0.15, 0.2) is 27.7 Å². The molecule has 4 atom stereocenters. The first-order valence-electron chi connectivity index (χ1n) is 13.5. The van der Waals surface area contributed by atoms with Gasteiger partial charge in [-0.2, -0.15) is 0 Å². The van der Waals surface area contributed by atoms with Crippen molar-refractivity contribution in [1.82, 2.24) is 19.7 Å². The number of hydrogen-bond acceptors (Lipinski definition) is 7. The summed E-state index contributed by atoms with van der Waals surface area (Å²) in [6.45, 7) is 2.29. The maximum atomic E-state index is 14.2. The SMILES string of the molecule is C[C@@H]([C@@H]1C[C@H]2CC[C@H]1C2)n1c(COc2ccccc2F)nnc1SCC(=O)Nc1nc(-c2ccc(Cl)c(Cl)c2)cs1. The Balaban J connectivity index is 1.15. The van der Waals surface area contributed by atoms with E-state index in [0.29, 0.717) is 43.7 Å². The number of carbonyl (C=O) groups excluding carboxylic acids is 1. The number of rotatable bonds is 10. The van der Waals surface area contributed by atoms with Crippen LogP contribution in [-0.2, 0) is 11.4 Å². The maximum Gasteiger partial charge on any atom is 0.236 e. The summed E-state index contributed by atoms with van der Waals surface area (Å²) in [6, 6.07) is 11.8.